The molecule has 1 aliphatic heterocycles. The van der Waals surface area contributed by atoms with Gasteiger partial charge in [0.1, 0.15) is 0 Å². The summed E-state index contributed by atoms with van der Waals surface area (Å²) in [6, 6.07) is 3.62. The number of aromatic nitrogens is 2. The van der Waals surface area contributed by atoms with E-state index in [-0.39, 0.29) is 11.8 Å². The predicted octanol–water partition coefficient (Wildman–Crippen LogP) is 3.46. The summed E-state index contributed by atoms with van der Waals surface area (Å²) in [6.45, 7) is 11.4. The smallest absolute Gasteiger partial charge is 0.421 e. The first kappa shape index (κ1) is 18.7. The maximum atomic E-state index is 13.8. The molecule has 0 radical (unpaired) electrons. The van der Waals surface area contributed by atoms with E-state index in [0.717, 1.165) is 6.07 Å². The van der Waals surface area contributed by atoms with E-state index in [4.69, 9.17) is 14.0 Å². The quantitative estimate of drug-likeness (QED) is 0.783. The van der Waals surface area contributed by atoms with Crippen LogP contribution in [0.4, 0.5) is 8.78 Å². The lowest BCUT2D eigenvalue weighted by molar-refractivity contribution is 0.00578. The summed E-state index contributed by atoms with van der Waals surface area (Å²) in [5, 5.41) is 0. The van der Waals surface area contributed by atoms with Crippen molar-refractivity contribution in [1.82, 2.24) is 9.97 Å². The Balaban J connectivity index is 1.91. The van der Waals surface area contributed by atoms with Crippen molar-refractivity contribution in [3.63, 3.8) is 0 Å². The van der Waals surface area contributed by atoms with Crippen molar-refractivity contribution in [3.8, 4) is 11.8 Å². The van der Waals surface area contributed by atoms with Gasteiger partial charge in [-0.15, -0.1) is 0 Å². The number of nitrogens with zero attached hydrogens (tertiary/aromatic N) is 2. The summed E-state index contributed by atoms with van der Waals surface area (Å²) >= 11 is 0. The Morgan fingerprint density at radius 1 is 0.962 bits per heavy atom. The summed E-state index contributed by atoms with van der Waals surface area (Å²) in [6.07, 6.45) is 0. The molecule has 0 saturated carbocycles. The lowest BCUT2D eigenvalue weighted by Gasteiger charge is -2.32. The number of benzene rings is 1. The van der Waals surface area contributed by atoms with Crippen molar-refractivity contribution in [2.75, 3.05) is 0 Å². The molecule has 1 fully saturated rings. The van der Waals surface area contributed by atoms with Crippen molar-refractivity contribution >= 4 is 12.6 Å². The van der Waals surface area contributed by atoms with Crippen LogP contribution in [-0.4, -0.2) is 28.3 Å². The predicted molar refractivity (Wildman–Crippen MR) is 93.7 cm³/mol. The Kier molecular flexibility index (Phi) is 4.52. The molecule has 0 amide bonds. The second-order valence-corrected chi connectivity index (χ2v) is 7.33. The molecule has 5 nitrogen and oxygen atoms in total. The van der Waals surface area contributed by atoms with Crippen LogP contribution < -0.4 is 10.2 Å². The third-order valence-electron chi connectivity index (χ3n) is 4.91. The van der Waals surface area contributed by atoms with Gasteiger partial charge in [0, 0.05) is 16.9 Å². The average Bonchev–Trinajstić information content (AvgIpc) is 2.71. The van der Waals surface area contributed by atoms with Gasteiger partial charge in [0.15, 0.2) is 11.6 Å². The SMILES string of the molecule is Cc1nc(Oc2cccc(F)c2F)nc(C)c1B1OC(C)(C)C(C)(C)O1. The van der Waals surface area contributed by atoms with Gasteiger partial charge in [-0.25, -0.2) is 14.4 Å². The van der Waals surface area contributed by atoms with E-state index in [9.17, 15) is 8.78 Å². The zero-order valence-corrected chi connectivity index (χ0v) is 15.7. The molecule has 0 bridgehead atoms. The molecular weight excluding hydrogens is 341 g/mol. The average molecular weight is 362 g/mol. The van der Waals surface area contributed by atoms with Crippen LogP contribution in [0.25, 0.3) is 0 Å². The maximum absolute atomic E-state index is 13.8. The molecule has 2 heterocycles. The second kappa shape index (κ2) is 6.28. The van der Waals surface area contributed by atoms with Gasteiger partial charge in [0.25, 0.3) is 0 Å². The van der Waals surface area contributed by atoms with Crippen LogP contribution in [0.2, 0.25) is 0 Å². The number of hydrogen-bond donors (Lipinski definition) is 0. The molecule has 1 saturated heterocycles. The third kappa shape index (κ3) is 3.19. The maximum Gasteiger partial charge on any atom is 0.498 e. The molecule has 138 valence electrons. The van der Waals surface area contributed by atoms with Crippen LogP contribution in [0, 0.1) is 25.5 Å². The van der Waals surface area contributed by atoms with Gasteiger partial charge in [0.05, 0.1) is 11.2 Å². The molecule has 26 heavy (non-hydrogen) atoms. The number of rotatable bonds is 3. The van der Waals surface area contributed by atoms with Crippen LogP contribution in [0.1, 0.15) is 39.1 Å². The van der Waals surface area contributed by atoms with Gasteiger partial charge in [-0.05, 0) is 53.7 Å². The molecule has 0 atom stereocenters. The molecule has 0 unspecified atom stereocenters. The van der Waals surface area contributed by atoms with Gasteiger partial charge in [-0.3, -0.25) is 0 Å². The summed E-state index contributed by atoms with van der Waals surface area (Å²) in [4.78, 5) is 8.52. The van der Waals surface area contributed by atoms with Crippen LogP contribution >= 0.6 is 0 Å². The highest BCUT2D eigenvalue weighted by Crippen LogP contribution is 2.37. The van der Waals surface area contributed by atoms with E-state index in [2.05, 4.69) is 9.97 Å². The van der Waals surface area contributed by atoms with E-state index < -0.39 is 30.0 Å². The zero-order valence-electron chi connectivity index (χ0n) is 15.7. The van der Waals surface area contributed by atoms with Gasteiger partial charge in [-0.2, -0.15) is 4.39 Å². The largest absolute Gasteiger partial charge is 0.498 e. The lowest BCUT2D eigenvalue weighted by atomic mass is 9.77. The van der Waals surface area contributed by atoms with E-state index in [1.165, 1.54) is 12.1 Å². The van der Waals surface area contributed by atoms with E-state index in [1.54, 1.807) is 13.8 Å². The van der Waals surface area contributed by atoms with E-state index in [0.29, 0.717) is 16.9 Å². The highest BCUT2D eigenvalue weighted by atomic mass is 19.2. The van der Waals surface area contributed by atoms with Crippen LogP contribution in [0.3, 0.4) is 0 Å². The highest BCUT2D eigenvalue weighted by molar-refractivity contribution is 6.63. The normalized spacial score (nSPS) is 18.2. The van der Waals surface area contributed by atoms with Crippen LogP contribution in [0.5, 0.6) is 11.8 Å². The topological polar surface area (TPSA) is 53.5 Å². The van der Waals surface area contributed by atoms with Crippen LogP contribution in [-0.2, 0) is 9.31 Å². The molecule has 3 rings (SSSR count). The fourth-order valence-electron chi connectivity index (χ4n) is 2.70. The summed E-state index contributed by atoms with van der Waals surface area (Å²) in [7, 11) is -0.611. The Hall–Kier alpha value is -2.06. The zero-order chi connectivity index (χ0) is 19.3. The minimum atomic E-state index is -1.08. The first-order valence-electron chi connectivity index (χ1n) is 8.34. The van der Waals surface area contributed by atoms with Gasteiger partial charge in [0.2, 0.25) is 5.82 Å². The number of hydrogen-bond acceptors (Lipinski definition) is 5. The van der Waals surface area contributed by atoms with Gasteiger partial charge in [-0.1, -0.05) is 6.07 Å². The first-order chi connectivity index (χ1) is 12.0. The van der Waals surface area contributed by atoms with Crippen molar-refractivity contribution in [2.24, 2.45) is 0 Å². The molecule has 8 heteroatoms. The minimum absolute atomic E-state index is 0.0650. The standard InChI is InChI=1S/C18H21BF2N2O3/c1-10-14(19-25-17(3,4)18(5,6)26-19)11(2)23-16(22-10)24-13-9-7-8-12(20)15(13)21/h7-9H,1-6H3. The molecule has 0 spiro atoms. The fourth-order valence-corrected chi connectivity index (χ4v) is 2.70. The molecule has 1 aromatic carbocycles. The Morgan fingerprint density at radius 3 is 2.04 bits per heavy atom. The summed E-state index contributed by atoms with van der Waals surface area (Å²) < 4.78 is 44.6. The lowest BCUT2D eigenvalue weighted by Crippen LogP contribution is -2.41. The minimum Gasteiger partial charge on any atom is -0.421 e. The number of aryl methyl sites for hydroxylation is 2. The molecule has 1 aliphatic rings. The monoisotopic (exact) mass is 362 g/mol. The van der Waals surface area contributed by atoms with E-state index in [1.807, 2.05) is 27.7 Å². The molecule has 0 N–H and O–H groups in total. The van der Waals surface area contributed by atoms with Crippen molar-refractivity contribution in [3.05, 3.63) is 41.2 Å². The Bertz CT molecular complexity index is 819. The Morgan fingerprint density at radius 2 is 1.50 bits per heavy atom. The molecule has 1 aromatic heterocycles. The second-order valence-electron chi connectivity index (χ2n) is 7.33. The first-order valence-corrected chi connectivity index (χ1v) is 8.34. The number of ether oxygens (including phenoxy) is 1. The van der Waals surface area contributed by atoms with Crippen molar-refractivity contribution < 1.29 is 22.8 Å². The molecular formula is C18H21BF2N2O3. The van der Waals surface area contributed by atoms with Gasteiger partial charge < -0.3 is 14.0 Å². The van der Waals surface area contributed by atoms with Crippen molar-refractivity contribution in [2.45, 2.75) is 52.7 Å². The molecule has 2 aromatic rings. The number of halogens is 2. The summed E-state index contributed by atoms with van der Waals surface area (Å²) in [5.74, 6) is -2.35. The molecule has 0 aliphatic carbocycles. The summed E-state index contributed by atoms with van der Waals surface area (Å²) in [5.41, 5.74) is 0.897. The van der Waals surface area contributed by atoms with Crippen molar-refractivity contribution in [1.29, 1.82) is 0 Å². The van der Waals surface area contributed by atoms with Gasteiger partial charge >= 0.3 is 13.1 Å². The fraction of sp³-hybridized carbons (Fsp3) is 0.444. The van der Waals surface area contributed by atoms with E-state index >= 15 is 0 Å². The highest BCUT2D eigenvalue weighted by Gasteiger charge is 2.52. The Labute approximate surface area is 151 Å². The van der Waals surface area contributed by atoms with Crippen LogP contribution in [0.15, 0.2) is 18.2 Å². The third-order valence-corrected chi connectivity index (χ3v) is 4.91.